The second-order valence-electron chi connectivity index (χ2n) is 19.1. The van der Waals surface area contributed by atoms with Crippen LogP contribution in [0, 0.1) is 0 Å². The number of hydrogen-bond donors (Lipinski definition) is 0. The lowest BCUT2D eigenvalue weighted by Crippen LogP contribution is -2.30. The van der Waals surface area contributed by atoms with Gasteiger partial charge in [0.25, 0.3) is 0 Å². The maximum atomic E-state index is 12.8. The molecule has 0 saturated carbocycles. The molecular formula is C68H108O6. The van der Waals surface area contributed by atoms with E-state index in [2.05, 4.69) is 154 Å². The van der Waals surface area contributed by atoms with Crippen molar-refractivity contribution in [1.29, 1.82) is 0 Å². The zero-order chi connectivity index (χ0) is 53.6. The summed E-state index contributed by atoms with van der Waals surface area (Å²) in [6, 6.07) is 0. The predicted octanol–water partition coefficient (Wildman–Crippen LogP) is 20.4. The molecule has 6 nitrogen and oxygen atoms in total. The van der Waals surface area contributed by atoms with Gasteiger partial charge in [-0.3, -0.25) is 14.4 Å². The zero-order valence-corrected chi connectivity index (χ0v) is 47.5. The van der Waals surface area contributed by atoms with Crippen LogP contribution in [0.1, 0.15) is 245 Å². The van der Waals surface area contributed by atoms with E-state index in [1.807, 2.05) is 12.2 Å². The van der Waals surface area contributed by atoms with Crippen LogP contribution in [0.5, 0.6) is 0 Å². The van der Waals surface area contributed by atoms with Crippen LogP contribution in [-0.2, 0) is 28.6 Å². The molecule has 0 aliphatic heterocycles. The summed E-state index contributed by atoms with van der Waals surface area (Å²) < 4.78 is 16.8. The maximum Gasteiger partial charge on any atom is 0.306 e. The van der Waals surface area contributed by atoms with E-state index < -0.39 is 12.1 Å². The van der Waals surface area contributed by atoms with E-state index in [0.717, 1.165) is 128 Å². The molecule has 0 heterocycles. The molecule has 0 aromatic carbocycles. The van der Waals surface area contributed by atoms with Crippen molar-refractivity contribution >= 4 is 17.9 Å². The van der Waals surface area contributed by atoms with E-state index in [1.165, 1.54) is 70.6 Å². The first-order valence-electron chi connectivity index (χ1n) is 29.8. The second-order valence-corrected chi connectivity index (χ2v) is 19.1. The molecule has 74 heavy (non-hydrogen) atoms. The second kappa shape index (κ2) is 60.8. The maximum absolute atomic E-state index is 12.8. The van der Waals surface area contributed by atoms with E-state index in [1.54, 1.807) is 0 Å². The Labute approximate surface area is 455 Å². The van der Waals surface area contributed by atoms with Gasteiger partial charge in [0.2, 0.25) is 0 Å². The van der Waals surface area contributed by atoms with Gasteiger partial charge < -0.3 is 14.2 Å². The molecule has 1 unspecified atom stereocenters. The van der Waals surface area contributed by atoms with E-state index >= 15 is 0 Å². The number of allylic oxidation sites excluding steroid dienone is 24. The van der Waals surface area contributed by atoms with Gasteiger partial charge in [-0.1, -0.05) is 250 Å². The molecule has 0 aliphatic rings. The van der Waals surface area contributed by atoms with E-state index in [-0.39, 0.29) is 31.6 Å². The van der Waals surface area contributed by atoms with Gasteiger partial charge in [-0.2, -0.15) is 0 Å². The van der Waals surface area contributed by atoms with Gasteiger partial charge in [0, 0.05) is 19.3 Å². The van der Waals surface area contributed by atoms with Crippen LogP contribution in [0.3, 0.4) is 0 Å². The van der Waals surface area contributed by atoms with Crippen LogP contribution >= 0.6 is 0 Å². The highest BCUT2D eigenvalue weighted by molar-refractivity contribution is 5.71. The number of hydrogen-bond acceptors (Lipinski definition) is 6. The third-order valence-corrected chi connectivity index (χ3v) is 12.1. The molecule has 0 aliphatic carbocycles. The standard InChI is InChI=1S/C68H108O6/c1-4-7-10-13-16-19-22-25-28-30-32-33-34-35-37-38-40-43-46-49-52-55-58-61-67(70)73-64-65(63-72-66(69)60-57-54-51-48-45-42-27-24-21-18-15-12-9-6-3)74-68(71)62-59-56-53-50-47-44-41-39-36-31-29-26-23-20-17-14-11-8-5-2/h7-8,10-11,15-20,24-29,32-33,36,39,44,47,53,56,65H,4-6,9,12-14,21-23,30-31,34-35,37-38,40-43,45-46,48-52,54-55,57-64H2,1-3H3/b10-7-,11-8-,18-15-,19-16-,20-17-,27-24-,28-25-,29-26-,33-32-,39-36-,47-44-,56-53-. The molecule has 0 fully saturated rings. The summed E-state index contributed by atoms with van der Waals surface area (Å²) in [7, 11) is 0. The Kier molecular flexibility index (Phi) is 57.0. The first-order chi connectivity index (χ1) is 36.5. The summed E-state index contributed by atoms with van der Waals surface area (Å²) in [5.74, 6) is -1.03. The van der Waals surface area contributed by atoms with Gasteiger partial charge in [0.1, 0.15) is 13.2 Å². The molecule has 0 amide bonds. The normalized spacial score (nSPS) is 13.2. The van der Waals surface area contributed by atoms with Crippen LogP contribution in [0.25, 0.3) is 0 Å². The van der Waals surface area contributed by atoms with Gasteiger partial charge in [-0.25, -0.2) is 0 Å². The van der Waals surface area contributed by atoms with Crippen molar-refractivity contribution in [2.75, 3.05) is 13.2 Å². The Hall–Kier alpha value is -4.71. The minimum Gasteiger partial charge on any atom is -0.462 e. The quantitative estimate of drug-likeness (QED) is 0.0261. The number of ether oxygens (including phenoxy) is 3. The van der Waals surface area contributed by atoms with E-state index in [9.17, 15) is 14.4 Å². The molecule has 0 saturated heterocycles. The number of unbranched alkanes of at least 4 members (excludes halogenated alkanes) is 17. The molecule has 0 aromatic rings. The smallest absolute Gasteiger partial charge is 0.306 e. The fourth-order valence-electron chi connectivity index (χ4n) is 7.65. The Morgan fingerprint density at radius 3 is 0.878 bits per heavy atom. The highest BCUT2D eigenvalue weighted by Gasteiger charge is 2.19. The largest absolute Gasteiger partial charge is 0.462 e. The van der Waals surface area contributed by atoms with Gasteiger partial charge in [-0.05, 0) is 122 Å². The third-order valence-electron chi connectivity index (χ3n) is 12.1. The molecule has 6 heteroatoms. The molecule has 1 atom stereocenters. The van der Waals surface area contributed by atoms with Gasteiger partial charge in [0.05, 0.1) is 0 Å². The van der Waals surface area contributed by atoms with Gasteiger partial charge in [-0.15, -0.1) is 0 Å². The minimum atomic E-state index is -0.833. The van der Waals surface area contributed by atoms with Crippen molar-refractivity contribution in [1.82, 2.24) is 0 Å². The Morgan fingerprint density at radius 2 is 0.554 bits per heavy atom. The predicted molar refractivity (Wildman–Crippen MR) is 320 cm³/mol. The van der Waals surface area contributed by atoms with Crippen LogP contribution in [-0.4, -0.2) is 37.2 Å². The monoisotopic (exact) mass is 1020 g/mol. The van der Waals surface area contributed by atoms with Crippen LogP contribution in [0.4, 0.5) is 0 Å². The lowest BCUT2D eigenvalue weighted by molar-refractivity contribution is -0.166. The number of esters is 3. The van der Waals surface area contributed by atoms with Crippen LogP contribution in [0.15, 0.2) is 146 Å². The highest BCUT2D eigenvalue weighted by Crippen LogP contribution is 2.14. The van der Waals surface area contributed by atoms with Crippen molar-refractivity contribution in [3.05, 3.63) is 146 Å². The molecule has 0 radical (unpaired) electrons. The van der Waals surface area contributed by atoms with Crippen LogP contribution in [0.2, 0.25) is 0 Å². The fourth-order valence-corrected chi connectivity index (χ4v) is 7.65. The summed E-state index contributed by atoms with van der Waals surface area (Å²) in [4.78, 5) is 38.2. The average Bonchev–Trinajstić information content (AvgIpc) is 3.40. The zero-order valence-electron chi connectivity index (χ0n) is 47.5. The summed E-state index contributed by atoms with van der Waals surface area (Å²) in [5.41, 5.74) is 0. The molecule has 0 bridgehead atoms. The topological polar surface area (TPSA) is 78.9 Å². The third kappa shape index (κ3) is 58.2. The van der Waals surface area contributed by atoms with Gasteiger partial charge in [0.15, 0.2) is 6.10 Å². The number of rotatable bonds is 52. The Balaban J connectivity index is 4.50. The van der Waals surface area contributed by atoms with Crippen molar-refractivity contribution in [2.45, 2.75) is 252 Å². The van der Waals surface area contributed by atoms with Crippen molar-refractivity contribution in [3.8, 4) is 0 Å². The lowest BCUT2D eigenvalue weighted by Gasteiger charge is -2.18. The lowest BCUT2D eigenvalue weighted by atomic mass is 10.1. The Morgan fingerprint density at radius 1 is 0.284 bits per heavy atom. The number of carbonyl (C=O) groups is 3. The van der Waals surface area contributed by atoms with E-state index in [4.69, 9.17) is 14.2 Å². The summed E-state index contributed by atoms with van der Waals surface area (Å²) in [6.45, 7) is 6.29. The van der Waals surface area contributed by atoms with Gasteiger partial charge >= 0.3 is 17.9 Å². The minimum absolute atomic E-state index is 0.120. The van der Waals surface area contributed by atoms with Crippen molar-refractivity contribution in [3.63, 3.8) is 0 Å². The van der Waals surface area contributed by atoms with Crippen molar-refractivity contribution < 1.29 is 28.6 Å². The van der Waals surface area contributed by atoms with Crippen LogP contribution < -0.4 is 0 Å². The Bertz CT molecular complexity index is 1640. The first kappa shape index (κ1) is 69.3. The first-order valence-corrected chi connectivity index (χ1v) is 29.8. The molecule has 0 aromatic heterocycles. The summed E-state index contributed by atoms with van der Waals surface area (Å²) >= 11 is 0. The average molecular weight is 1020 g/mol. The SMILES string of the molecule is CC/C=C\C/C=C\C/C=C\C/C=C\C/C=C\C/C=C\CCC(=O)OC(COC(=O)CCCCCCC/C=C\C/C=C\CCCC)COC(=O)CCCCCCCCCCCC/C=C\C/C=C\C/C=C\C/C=C\CC. The molecule has 0 spiro atoms. The molecule has 0 N–H and O–H groups in total. The molecule has 0 rings (SSSR count). The summed E-state index contributed by atoms with van der Waals surface area (Å²) in [6.07, 6.45) is 87.1. The highest BCUT2D eigenvalue weighted by atomic mass is 16.6. The van der Waals surface area contributed by atoms with Crippen molar-refractivity contribution in [2.24, 2.45) is 0 Å². The molecular weight excluding hydrogens is 913 g/mol. The van der Waals surface area contributed by atoms with E-state index in [0.29, 0.717) is 19.3 Å². The summed E-state index contributed by atoms with van der Waals surface area (Å²) in [5, 5.41) is 0. The fraction of sp³-hybridized carbons (Fsp3) is 0.603. The number of carbonyl (C=O) groups excluding carboxylic acids is 3. The molecule has 416 valence electrons.